The van der Waals surface area contributed by atoms with E-state index in [0.717, 1.165) is 17.9 Å². The normalized spacial score (nSPS) is 14.3. The highest BCUT2D eigenvalue weighted by Crippen LogP contribution is 2.31. The van der Waals surface area contributed by atoms with Crippen LogP contribution < -0.4 is 10.5 Å². The Kier molecular flexibility index (Phi) is 12.0. The summed E-state index contributed by atoms with van der Waals surface area (Å²) in [6, 6.07) is 13.9. The smallest absolute Gasteiger partial charge is 0.439 e. The lowest BCUT2D eigenvalue weighted by molar-refractivity contribution is 0.0205. The standard InChI is InChI=1S/C18H25NO5.C13H17NO3/c1-5-22-16(20)14-8-6-7-9-15(14)19(23-12-13-10-11-13)17(21)24-18(2,3)4;1-2-16-13(15)11-5-3-4-6-12(11)14-17-9-10-7-8-10/h6-9,13H,5,10-12H2,1-4H3;3-6,10,14H,2,7-9H2,1H3. The Bertz CT molecular complexity index is 1150. The summed E-state index contributed by atoms with van der Waals surface area (Å²) in [5, 5.41) is 1.07. The number of carbonyl (C=O) groups is 3. The number of para-hydroxylation sites is 2. The van der Waals surface area contributed by atoms with Crippen LogP contribution in [0.3, 0.4) is 0 Å². The number of hydrogen-bond donors (Lipinski definition) is 1. The van der Waals surface area contributed by atoms with Crippen LogP contribution in [0.2, 0.25) is 0 Å². The molecular weight excluding hydrogens is 528 g/mol. The minimum Gasteiger partial charge on any atom is -0.462 e. The number of anilines is 2. The zero-order valence-electron chi connectivity index (χ0n) is 24.6. The Morgan fingerprint density at radius 2 is 1.34 bits per heavy atom. The Morgan fingerprint density at radius 1 is 0.805 bits per heavy atom. The summed E-state index contributed by atoms with van der Waals surface area (Å²) in [6.45, 7) is 10.6. The summed E-state index contributed by atoms with van der Waals surface area (Å²) in [4.78, 5) is 47.4. The molecule has 1 N–H and O–H groups in total. The Balaban J connectivity index is 0.000000239. The zero-order chi connectivity index (χ0) is 29.8. The van der Waals surface area contributed by atoms with Gasteiger partial charge in [-0.3, -0.25) is 15.2 Å². The molecule has 2 aromatic carbocycles. The van der Waals surface area contributed by atoms with Gasteiger partial charge in [-0.2, -0.15) is 5.06 Å². The Labute approximate surface area is 242 Å². The predicted molar refractivity (Wildman–Crippen MR) is 154 cm³/mol. The molecule has 10 nitrogen and oxygen atoms in total. The van der Waals surface area contributed by atoms with Crippen molar-refractivity contribution in [2.24, 2.45) is 11.8 Å². The highest BCUT2D eigenvalue weighted by molar-refractivity contribution is 6.00. The molecule has 0 aromatic heterocycles. The van der Waals surface area contributed by atoms with Crippen molar-refractivity contribution in [3.63, 3.8) is 0 Å². The number of amides is 1. The third-order valence-corrected chi connectivity index (χ3v) is 5.93. The molecule has 0 saturated heterocycles. The van der Waals surface area contributed by atoms with Gasteiger partial charge in [0.15, 0.2) is 0 Å². The van der Waals surface area contributed by atoms with E-state index in [0.29, 0.717) is 48.6 Å². The van der Waals surface area contributed by atoms with Crippen molar-refractivity contribution >= 4 is 29.4 Å². The molecule has 2 aromatic rings. The second-order valence-electron chi connectivity index (χ2n) is 10.9. The molecule has 0 aliphatic heterocycles. The van der Waals surface area contributed by atoms with Gasteiger partial charge in [-0.15, -0.1) is 0 Å². The SMILES string of the molecule is CCOC(=O)c1ccccc1N(OCC1CC1)C(=O)OC(C)(C)C.CCOC(=O)c1ccccc1NOCC1CC1. The topological polar surface area (TPSA) is 113 Å². The van der Waals surface area contributed by atoms with Crippen molar-refractivity contribution in [2.45, 2.75) is 65.9 Å². The largest absolute Gasteiger partial charge is 0.462 e. The maximum Gasteiger partial charge on any atom is 0.439 e. The van der Waals surface area contributed by atoms with Gasteiger partial charge in [0.2, 0.25) is 0 Å². The molecule has 0 atom stereocenters. The Hall–Kier alpha value is -3.63. The fraction of sp³-hybridized carbons (Fsp3) is 0.516. The van der Waals surface area contributed by atoms with Gasteiger partial charge < -0.3 is 14.2 Å². The molecule has 41 heavy (non-hydrogen) atoms. The number of nitrogens with zero attached hydrogens (tertiary/aromatic N) is 1. The molecule has 0 heterocycles. The molecule has 0 bridgehead atoms. The van der Waals surface area contributed by atoms with Gasteiger partial charge in [-0.25, -0.2) is 14.4 Å². The van der Waals surface area contributed by atoms with Crippen LogP contribution in [0.5, 0.6) is 0 Å². The summed E-state index contributed by atoms with van der Waals surface area (Å²) >= 11 is 0. The second kappa shape index (κ2) is 15.4. The molecule has 2 aliphatic carbocycles. The molecule has 0 unspecified atom stereocenters. The minimum absolute atomic E-state index is 0.253. The van der Waals surface area contributed by atoms with Crippen molar-refractivity contribution < 1.29 is 38.3 Å². The number of ether oxygens (including phenoxy) is 3. The van der Waals surface area contributed by atoms with Crippen LogP contribution in [0.25, 0.3) is 0 Å². The van der Waals surface area contributed by atoms with Crippen LogP contribution >= 0.6 is 0 Å². The summed E-state index contributed by atoms with van der Waals surface area (Å²) in [6.07, 6.45) is 3.99. The first kappa shape index (κ1) is 31.9. The number of hydroxylamine groups is 1. The van der Waals surface area contributed by atoms with Gasteiger partial charge in [0.25, 0.3) is 0 Å². The zero-order valence-corrected chi connectivity index (χ0v) is 24.6. The number of carbonyl (C=O) groups excluding carboxylic acids is 3. The van der Waals surface area contributed by atoms with Gasteiger partial charge in [-0.05, 0) is 96.4 Å². The van der Waals surface area contributed by atoms with Gasteiger partial charge in [0, 0.05) is 0 Å². The molecule has 2 aliphatic rings. The first-order chi connectivity index (χ1) is 19.6. The molecule has 2 saturated carbocycles. The minimum atomic E-state index is -0.669. The molecule has 2 fully saturated rings. The molecular formula is C31H42N2O8. The van der Waals surface area contributed by atoms with Crippen molar-refractivity contribution in [3.05, 3.63) is 59.7 Å². The summed E-state index contributed by atoms with van der Waals surface area (Å²) in [5.41, 5.74) is 3.91. The van der Waals surface area contributed by atoms with E-state index in [-0.39, 0.29) is 18.1 Å². The van der Waals surface area contributed by atoms with Crippen molar-refractivity contribution in [2.75, 3.05) is 37.0 Å². The van der Waals surface area contributed by atoms with Crippen molar-refractivity contribution in [3.8, 4) is 0 Å². The fourth-order valence-electron chi connectivity index (χ4n) is 3.50. The summed E-state index contributed by atoms with van der Waals surface area (Å²) in [7, 11) is 0. The van der Waals surface area contributed by atoms with Crippen LogP contribution in [-0.4, -0.2) is 50.1 Å². The molecule has 0 radical (unpaired) electrons. The number of rotatable bonds is 12. The average Bonchev–Trinajstić information content (AvgIpc) is 3.85. The molecule has 1 amide bonds. The number of benzene rings is 2. The van der Waals surface area contributed by atoms with Crippen molar-refractivity contribution in [1.82, 2.24) is 0 Å². The van der Waals surface area contributed by atoms with E-state index in [1.165, 1.54) is 12.8 Å². The monoisotopic (exact) mass is 570 g/mol. The third-order valence-electron chi connectivity index (χ3n) is 5.93. The van der Waals surface area contributed by atoms with Crippen molar-refractivity contribution in [1.29, 1.82) is 0 Å². The lowest BCUT2D eigenvalue weighted by atomic mass is 10.1. The fourth-order valence-corrected chi connectivity index (χ4v) is 3.50. The van der Waals surface area contributed by atoms with Gasteiger partial charge >= 0.3 is 18.0 Å². The molecule has 10 heteroatoms. The van der Waals surface area contributed by atoms with Gasteiger partial charge in [0.1, 0.15) is 5.60 Å². The quantitative estimate of drug-likeness (QED) is 0.172. The number of esters is 2. The first-order valence-corrected chi connectivity index (χ1v) is 14.2. The van der Waals surface area contributed by atoms with E-state index >= 15 is 0 Å². The number of hydrogen-bond acceptors (Lipinski definition) is 9. The average molecular weight is 571 g/mol. The maximum absolute atomic E-state index is 12.6. The first-order valence-electron chi connectivity index (χ1n) is 14.2. The predicted octanol–water partition coefficient (Wildman–Crippen LogP) is 6.56. The lowest BCUT2D eigenvalue weighted by Gasteiger charge is -2.27. The van der Waals surface area contributed by atoms with Gasteiger partial charge in [0.05, 0.1) is 48.9 Å². The van der Waals surface area contributed by atoms with E-state index < -0.39 is 17.7 Å². The third kappa shape index (κ3) is 11.0. The lowest BCUT2D eigenvalue weighted by Crippen LogP contribution is -2.38. The second-order valence-corrected chi connectivity index (χ2v) is 10.9. The summed E-state index contributed by atoms with van der Waals surface area (Å²) < 4.78 is 15.4. The van der Waals surface area contributed by atoms with E-state index in [4.69, 9.17) is 23.9 Å². The summed E-state index contributed by atoms with van der Waals surface area (Å²) in [5.74, 6) is 0.296. The highest BCUT2D eigenvalue weighted by atomic mass is 16.7. The number of nitrogens with one attached hydrogen (secondary N) is 1. The van der Waals surface area contributed by atoms with E-state index in [2.05, 4.69) is 5.48 Å². The molecule has 0 spiro atoms. The molecule has 4 rings (SSSR count). The van der Waals surface area contributed by atoms with Crippen LogP contribution in [0, 0.1) is 11.8 Å². The van der Waals surface area contributed by atoms with E-state index in [9.17, 15) is 14.4 Å². The highest BCUT2D eigenvalue weighted by Gasteiger charge is 2.31. The van der Waals surface area contributed by atoms with E-state index in [1.54, 1.807) is 77.1 Å². The Morgan fingerprint density at radius 3 is 1.93 bits per heavy atom. The van der Waals surface area contributed by atoms with Crippen LogP contribution in [0.4, 0.5) is 16.2 Å². The maximum atomic E-state index is 12.6. The molecule has 224 valence electrons. The van der Waals surface area contributed by atoms with Crippen LogP contribution in [0.1, 0.15) is 81.0 Å². The van der Waals surface area contributed by atoms with Crippen LogP contribution in [0.15, 0.2) is 48.5 Å². The van der Waals surface area contributed by atoms with E-state index in [1.807, 2.05) is 6.07 Å². The van der Waals surface area contributed by atoms with Crippen LogP contribution in [-0.2, 0) is 23.9 Å². The van der Waals surface area contributed by atoms with Gasteiger partial charge in [-0.1, -0.05) is 24.3 Å².